The Hall–Kier alpha value is -0.650. The second kappa shape index (κ2) is 7.60. The SMILES string of the molecule is CC(C)OCC(O)CNC(C(=O)O)C(C)C. The minimum absolute atomic E-state index is 0.0179. The first kappa shape index (κ1) is 15.3. The summed E-state index contributed by atoms with van der Waals surface area (Å²) in [6.07, 6.45) is -0.613. The van der Waals surface area contributed by atoms with Gasteiger partial charge in [-0.3, -0.25) is 4.79 Å². The van der Waals surface area contributed by atoms with Crippen LogP contribution >= 0.6 is 0 Å². The molecule has 0 fully saturated rings. The number of hydrogen-bond donors (Lipinski definition) is 3. The maximum atomic E-state index is 10.8. The van der Waals surface area contributed by atoms with E-state index in [1.165, 1.54) is 0 Å². The van der Waals surface area contributed by atoms with Crippen molar-refractivity contribution in [1.29, 1.82) is 0 Å². The lowest BCUT2D eigenvalue weighted by atomic mass is 10.0. The van der Waals surface area contributed by atoms with Gasteiger partial charge in [0.2, 0.25) is 0 Å². The highest BCUT2D eigenvalue weighted by molar-refractivity contribution is 5.73. The van der Waals surface area contributed by atoms with E-state index in [4.69, 9.17) is 9.84 Å². The van der Waals surface area contributed by atoms with Crippen LogP contribution in [0.5, 0.6) is 0 Å². The Morgan fingerprint density at radius 2 is 1.88 bits per heavy atom. The highest BCUT2D eigenvalue weighted by atomic mass is 16.5. The number of carboxylic acids is 1. The van der Waals surface area contributed by atoms with E-state index in [0.29, 0.717) is 0 Å². The fourth-order valence-corrected chi connectivity index (χ4v) is 1.23. The fraction of sp³-hybridized carbons (Fsp3) is 0.909. The maximum Gasteiger partial charge on any atom is 0.320 e. The number of nitrogens with one attached hydrogen (secondary N) is 1. The van der Waals surface area contributed by atoms with Gasteiger partial charge in [-0.05, 0) is 19.8 Å². The van der Waals surface area contributed by atoms with Crippen LogP contribution in [0.2, 0.25) is 0 Å². The molecule has 0 heterocycles. The largest absolute Gasteiger partial charge is 0.480 e. The summed E-state index contributed by atoms with van der Waals surface area (Å²) in [5, 5.41) is 21.2. The molecule has 0 aliphatic rings. The number of hydrogen-bond acceptors (Lipinski definition) is 4. The van der Waals surface area contributed by atoms with Gasteiger partial charge < -0.3 is 20.3 Å². The summed E-state index contributed by atoms with van der Waals surface area (Å²) in [5.41, 5.74) is 0. The van der Waals surface area contributed by atoms with Crippen molar-refractivity contribution in [3.05, 3.63) is 0 Å². The first-order valence-electron chi connectivity index (χ1n) is 5.60. The second-order valence-electron chi connectivity index (χ2n) is 4.50. The molecule has 0 aromatic heterocycles. The van der Waals surface area contributed by atoms with Crippen LogP contribution in [-0.2, 0) is 9.53 Å². The molecule has 0 aromatic carbocycles. The predicted octanol–water partition coefficient (Wildman–Crippen LogP) is 0.471. The van der Waals surface area contributed by atoms with Gasteiger partial charge in [0.05, 0.1) is 18.8 Å². The third-order valence-electron chi connectivity index (χ3n) is 2.13. The molecule has 3 N–H and O–H groups in total. The average molecular weight is 233 g/mol. The Labute approximate surface area is 96.8 Å². The average Bonchev–Trinajstić information content (AvgIpc) is 2.13. The van der Waals surface area contributed by atoms with Crippen LogP contribution in [0, 0.1) is 5.92 Å². The Bertz CT molecular complexity index is 206. The lowest BCUT2D eigenvalue weighted by Gasteiger charge is -2.20. The number of aliphatic carboxylic acids is 1. The van der Waals surface area contributed by atoms with Gasteiger partial charge in [-0.2, -0.15) is 0 Å². The summed E-state index contributed by atoms with van der Waals surface area (Å²) in [4.78, 5) is 10.8. The summed E-state index contributed by atoms with van der Waals surface area (Å²) in [7, 11) is 0. The molecule has 2 unspecified atom stereocenters. The molecule has 0 radical (unpaired) electrons. The van der Waals surface area contributed by atoms with Crippen molar-refractivity contribution in [1.82, 2.24) is 5.32 Å². The van der Waals surface area contributed by atoms with Gasteiger partial charge in [-0.25, -0.2) is 0 Å². The Morgan fingerprint density at radius 3 is 2.25 bits per heavy atom. The van der Waals surface area contributed by atoms with Gasteiger partial charge in [0.25, 0.3) is 0 Å². The Kier molecular flexibility index (Phi) is 7.29. The quantitative estimate of drug-likeness (QED) is 0.568. The molecule has 0 saturated carbocycles. The Balaban J connectivity index is 3.87. The number of carbonyl (C=O) groups is 1. The van der Waals surface area contributed by atoms with E-state index in [2.05, 4.69) is 5.32 Å². The van der Waals surface area contributed by atoms with Crippen molar-refractivity contribution in [2.24, 2.45) is 5.92 Å². The smallest absolute Gasteiger partial charge is 0.320 e. The first-order valence-corrected chi connectivity index (χ1v) is 5.60. The lowest BCUT2D eigenvalue weighted by Crippen LogP contribution is -2.45. The van der Waals surface area contributed by atoms with Crippen LogP contribution in [0.25, 0.3) is 0 Å². The van der Waals surface area contributed by atoms with Crippen molar-refractivity contribution in [2.75, 3.05) is 13.2 Å². The number of ether oxygens (including phenoxy) is 1. The van der Waals surface area contributed by atoms with Gasteiger partial charge in [-0.15, -0.1) is 0 Å². The summed E-state index contributed by atoms with van der Waals surface area (Å²) < 4.78 is 5.22. The molecule has 96 valence electrons. The molecule has 16 heavy (non-hydrogen) atoms. The zero-order valence-electron chi connectivity index (χ0n) is 10.4. The molecule has 0 saturated heterocycles. The van der Waals surface area contributed by atoms with Crippen molar-refractivity contribution >= 4 is 5.97 Å². The van der Waals surface area contributed by atoms with Gasteiger partial charge in [-0.1, -0.05) is 13.8 Å². The molecule has 0 aromatic rings. The normalized spacial score (nSPS) is 15.4. The molecule has 0 aliphatic heterocycles. The number of aliphatic hydroxyl groups excluding tert-OH is 1. The molecule has 0 spiro atoms. The fourth-order valence-electron chi connectivity index (χ4n) is 1.23. The van der Waals surface area contributed by atoms with Crippen LogP contribution in [0.1, 0.15) is 27.7 Å². The second-order valence-corrected chi connectivity index (χ2v) is 4.50. The van der Waals surface area contributed by atoms with E-state index in [1.807, 2.05) is 27.7 Å². The number of aliphatic hydroxyl groups is 1. The van der Waals surface area contributed by atoms with Crippen molar-refractivity contribution in [3.8, 4) is 0 Å². The Morgan fingerprint density at radius 1 is 1.31 bits per heavy atom. The molecular weight excluding hydrogens is 210 g/mol. The summed E-state index contributed by atoms with van der Waals surface area (Å²) in [6, 6.07) is -0.631. The van der Waals surface area contributed by atoms with E-state index in [0.717, 1.165) is 0 Å². The molecule has 5 nitrogen and oxygen atoms in total. The van der Waals surface area contributed by atoms with E-state index in [1.54, 1.807) is 0 Å². The molecule has 5 heteroatoms. The van der Waals surface area contributed by atoms with Crippen molar-refractivity contribution < 1.29 is 19.7 Å². The van der Waals surface area contributed by atoms with Crippen LogP contribution < -0.4 is 5.32 Å². The minimum atomic E-state index is -0.896. The van der Waals surface area contributed by atoms with E-state index < -0.39 is 18.1 Å². The maximum absolute atomic E-state index is 10.8. The third kappa shape index (κ3) is 6.76. The van der Waals surface area contributed by atoms with Crippen LogP contribution in [0.15, 0.2) is 0 Å². The van der Waals surface area contributed by atoms with Gasteiger partial charge in [0, 0.05) is 6.54 Å². The highest BCUT2D eigenvalue weighted by Gasteiger charge is 2.21. The van der Waals surface area contributed by atoms with Crippen LogP contribution in [0.3, 0.4) is 0 Å². The predicted molar refractivity (Wildman–Crippen MR) is 61.4 cm³/mol. The van der Waals surface area contributed by atoms with Crippen LogP contribution in [0.4, 0.5) is 0 Å². The van der Waals surface area contributed by atoms with Crippen LogP contribution in [-0.4, -0.2) is 47.6 Å². The zero-order chi connectivity index (χ0) is 12.7. The standard InChI is InChI=1S/C11H23NO4/c1-7(2)10(11(14)15)12-5-9(13)6-16-8(3)4/h7-10,12-13H,5-6H2,1-4H3,(H,14,15). The summed E-state index contributed by atoms with van der Waals surface area (Å²) in [5.74, 6) is -0.914. The van der Waals surface area contributed by atoms with E-state index in [-0.39, 0.29) is 25.2 Å². The third-order valence-corrected chi connectivity index (χ3v) is 2.13. The van der Waals surface area contributed by atoms with E-state index in [9.17, 15) is 9.90 Å². The summed E-state index contributed by atoms with van der Waals surface area (Å²) in [6.45, 7) is 7.85. The van der Waals surface area contributed by atoms with Gasteiger partial charge >= 0.3 is 5.97 Å². The molecule has 0 amide bonds. The molecule has 2 atom stereocenters. The molecule has 0 bridgehead atoms. The highest BCUT2D eigenvalue weighted by Crippen LogP contribution is 2.01. The van der Waals surface area contributed by atoms with Crippen molar-refractivity contribution in [2.45, 2.75) is 45.9 Å². The lowest BCUT2D eigenvalue weighted by molar-refractivity contribution is -0.140. The summed E-state index contributed by atoms with van der Waals surface area (Å²) >= 11 is 0. The minimum Gasteiger partial charge on any atom is -0.480 e. The molecular formula is C11H23NO4. The van der Waals surface area contributed by atoms with Gasteiger partial charge in [0.15, 0.2) is 0 Å². The van der Waals surface area contributed by atoms with E-state index >= 15 is 0 Å². The monoisotopic (exact) mass is 233 g/mol. The number of rotatable bonds is 8. The zero-order valence-corrected chi connectivity index (χ0v) is 10.4. The topological polar surface area (TPSA) is 78.8 Å². The van der Waals surface area contributed by atoms with Crippen molar-refractivity contribution in [3.63, 3.8) is 0 Å². The first-order chi connectivity index (χ1) is 7.34. The molecule has 0 aliphatic carbocycles. The number of carboxylic acid groups (broad SMARTS) is 1. The molecule has 0 rings (SSSR count). The van der Waals surface area contributed by atoms with Gasteiger partial charge in [0.1, 0.15) is 6.04 Å².